The summed E-state index contributed by atoms with van der Waals surface area (Å²) in [6.07, 6.45) is 8.29. The Hall–Kier alpha value is -2.29. The normalized spacial score (nSPS) is 16.0. The lowest BCUT2D eigenvalue weighted by molar-refractivity contribution is 0.363. The van der Waals surface area contributed by atoms with Crippen molar-refractivity contribution in [1.82, 2.24) is 9.55 Å². The van der Waals surface area contributed by atoms with Crippen molar-refractivity contribution in [1.29, 1.82) is 0 Å². The van der Waals surface area contributed by atoms with Crippen LogP contribution in [0.25, 0.3) is 22.3 Å². The molecule has 0 unspecified atom stereocenters. The fraction of sp³-hybridized carbons (Fsp3) is 0.350. The minimum Gasteiger partial charge on any atom is -0.397 e. The highest BCUT2D eigenvalue weighted by Gasteiger charge is 2.22. The van der Waals surface area contributed by atoms with E-state index in [1.54, 1.807) is 0 Å². The van der Waals surface area contributed by atoms with Gasteiger partial charge in [0.1, 0.15) is 0 Å². The van der Waals surface area contributed by atoms with Crippen molar-refractivity contribution in [3.63, 3.8) is 0 Å². The van der Waals surface area contributed by atoms with Crippen molar-refractivity contribution >= 4 is 16.6 Å². The molecule has 3 nitrogen and oxygen atoms in total. The Balaban J connectivity index is 1.99. The second-order valence-corrected chi connectivity index (χ2v) is 6.70. The zero-order valence-corrected chi connectivity index (χ0v) is 13.6. The Morgan fingerprint density at radius 3 is 2.65 bits per heavy atom. The zero-order valence-electron chi connectivity index (χ0n) is 13.6. The minimum absolute atomic E-state index is 0.531. The summed E-state index contributed by atoms with van der Waals surface area (Å²) >= 11 is 0. The molecule has 3 aromatic rings. The standard InChI is InChI=1S/C20H23N3/c1-14-11-15-13-19(18-9-5-6-10-22-18)23(20(15)17(21)12-14)16-7-3-2-4-8-16/h5-6,9-13,16H,2-4,7-8,21H2,1H3. The van der Waals surface area contributed by atoms with Crippen LogP contribution >= 0.6 is 0 Å². The maximum absolute atomic E-state index is 6.41. The highest BCUT2D eigenvalue weighted by molar-refractivity contribution is 5.95. The lowest BCUT2D eigenvalue weighted by atomic mass is 9.95. The van der Waals surface area contributed by atoms with E-state index in [4.69, 9.17) is 5.73 Å². The van der Waals surface area contributed by atoms with Gasteiger partial charge >= 0.3 is 0 Å². The average Bonchev–Trinajstić information content (AvgIpc) is 2.96. The molecule has 0 atom stereocenters. The molecule has 3 heteroatoms. The first-order valence-corrected chi connectivity index (χ1v) is 8.56. The Bertz CT molecular complexity index is 827. The van der Waals surface area contributed by atoms with Gasteiger partial charge in [0.2, 0.25) is 0 Å². The molecular formula is C20H23N3. The smallest absolute Gasteiger partial charge is 0.0866 e. The molecule has 0 spiro atoms. The fourth-order valence-electron chi connectivity index (χ4n) is 3.99. The third-order valence-electron chi connectivity index (χ3n) is 4.97. The van der Waals surface area contributed by atoms with Crippen LogP contribution in [0.1, 0.15) is 43.7 Å². The van der Waals surface area contributed by atoms with Gasteiger partial charge in [-0.3, -0.25) is 4.98 Å². The molecule has 0 radical (unpaired) electrons. The molecule has 0 aliphatic heterocycles. The second kappa shape index (κ2) is 5.73. The molecule has 1 saturated carbocycles. The third kappa shape index (κ3) is 2.50. The predicted molar refractivity (Wildman–Crippen MR) is 96.4 cm³/mol. The number of benzene rings is 1. The van der Waals surface area contributed by atoms with Crippen molar-refractivity contribution in [3.05, 3.63) is 48.2 Å². The monoisotopic (exact) mass is 305 g/mol. The van der Waals surface area contributed by atoms with Crippen LogP contribution in [0.3, 0.4) is 0 Å². The summed E-state index contributed by atoms with van der Waals surface area (Å²) in [5.74, 6) is 0. The van der Waals surface area contributed by atoms with Crippen LogP contribution < -0.4 is 5.73 Å². The van der Waals surface area contributed by atoms with Crippen molar-refractivity contribution in [2.45, 2.75) is 45.1 Å². The van der Waals surface area contributed by atoms with Crippen LogP contribution in [-0.4, -0.2) is 9.55 Å². The van der Waals surface area contributed by atoms with Gasteiger partial charge in [-0.25, -0.2) is 0 Å². The summed E-state index contributed by atoms with van der Waals surface area (Å²) in [5, 5.41) is 1.23. The van der Waals surface area contributed by atoms with E-state index < -0.39 is 0 Å². The molecule has 1 aromatic carbocycles. The number of hydrogen-bond acceptors (Lipinski definition) is 2. The van der Waals surface area contributed by atoms with Crippen LogP contribution in [-0.2, 0) is 0 Å². The number of rotatable bonds is 2. The largest absolute Gasteiger partial charge is 0.397 e. The number of nitrogen functional groups attached to an aromatic ring is 1. The first-order chi connectivity index (χ1) is 11.2. The minimum atomic E-state index is 0.531. The Morgan fingerprint density at radius 2 is 1.91 bits per heavy atom. The van der Waals surface area contributed by atoms with Crippen molar-refractivity contribution < 1.29 is 0 Å². The molecule has 2 heterocycles. The number of anilines is 1. The number of aromatic nitrogens is 2. The van der Waals surface area contributed by atoms with E-state index in [9.17, 15) is 0 Å². The Kier molecular flexibility index (Phi) is 3.56. The van der Waals surface area contributed by atoms with Crippen molar-refractivity contribution in [3.8, 4) is 11.4 Å². The predicted octanol–water partition coefficient (Wildman–Crippen LogP) is 5.10. The first-order valence-electron chi connectivity index (χ1n) is 8.56. The van der Waals surface area contributed by atoms with Gasteiger partial charge in [0.25, 0.3) is 0 Å². The third-order valence-corrected chi connectivity index (χ3v) is 4.97. The van der Waals surface area contributed by atoms with E-state index in [1.165, 1.54) is 54.3 Å². The topological polar surface area (TPSA) is 43.8 Å². The summed E-state index contributed by atoms with van der Waals surface area (Å²) < 4.78 is 2.46. The molecule has 1 fully saturated rings. The van der Waals surface area contributed by atoms with E-state index in [0.717, 1.165) is 11.4 Å². The van der Waals surface area contributed by atoms with E-state index in [2.05, 4.69) is 46.8 Å². The van der Waals surface area contributed by atoms with E-state index in [-0.39, 0.29) is 0 Å². The van der Waals surface area contributed by atoms with Crippen LogP contribution in [0, 0.1) is 6.92 Å². The first kappa shape index (κ1) is 14.3. The number of aryl methyl sites for hydroxylation is 1. The van der Waals surface area contributed by atoms with Gasteiger partial charge in [-0.1, -0.05) is 25.3 Å². The Labute approximate surface area is 137 Å². The molecule has 2 N–H and O–H groups in total. The Morgan fingerprint density at radius 1 is 1.09 bits per heavy atom. The second-order valence-electron chi connectivity index (χ2n) is 6.70. The zero-order chi connectivity index (χ0) is 15.8. The quantitative estimate of drug-likeness (QED) is 0.669. The van der Waals surface area contributed by atoms with Gasteiger partial charge < -0.3 is 10.3 Å². The van der Waals surface area contributed by atoms with Crippen LogP contribution in [0.5, 0.6) is 0 Å². The molecule has 2 aromatic heterocycles. The number of nitrogens with zero attached hydrogens (tertiary/aromatic N) is 2. The van der Waals surface area contributed by atoms with Crippen LogP contribution in [0.2, 0.25) is 0 Å². The fourth-order valence-corrected chi connectivity index (χ4v) is 3.99. The van der Waals surface area contributed by atoms with Crippen LogP contribution in [0.15, 0.2) is 42.6 Å². The van der Waals surface area contributed by atoms with Crippen molar-refractivity contribution in [2.24, 2.45) is 0 Å². The van der Waals surface area contributed by atoms with E-state index in [1.807, 2.05) is 12.3 Å². The summed E-state index contributed by atoms with van der Waals surface area (Å²) in [6.45, 7) is 2.11. The molecule has 23 heavy (non-hydrogen) atoms. The van der Waals surface area contributed by atoms with E-state index in [0.29, 0.717) is 6.04 Å². The lowest BCUT2D eigenvalue weighted by Crippen LogP contribution is -2.14. The van der Waals surface area contributed by atoms with Gasteiger partial charge in [0, 0.05) is 17.6 Å². The van der Waals surface area contributed by atoms with Gasteiger partial charge in [0.15, 0.2) is 0 Å². The highest BCUT2D eigenvalue weighted by atomic mass is 15.0. The summed E-state index contributed by atoms with van der Waals surface area (Å²) in [6, 6.07) is 13.2. The van der Waals surface area contributed by atoms with Gasteiger partial charge in [0.05, 0.1) is 22.6 Å². The summed E-state index contributed by atoms with van der Waals surface area (Å²) in [5.41, 5.74) is 11.9. The highest BCUT2D eigenvalue weighted by Crippen LogP contribution is 2.39. The molecule has 118 valence electrons. The number of nitrogens with two attached hydrogens (primary N) is 1. The maximum Gasteiger partial charge on any atom is 0.0866 e. The molecular weight excluding hydrogens is 282 g/mol. The number of fused-ring (bicyclic) bond motifs is 1. The molecule has 0 saturated heterocycles. The lowest BCUT2D eigenvalue weighted by Gasteiger charge is -2.26. The molecule has 1 aliphatic rings. The average molecular weight is 305 g/mol. The number of pyridine rings is 1. The van der Waals surface area contributed by atoms with Gasteiger partial charge in [-0.2, -0.15) is 0 Å². The molecule has 4 rings (SSSR count). The van der Waals surface area contributed by atoms with Gasteiger partial charge in [-0.15, -0.1) is 0 Å². The maximum atomic E-state index is 6.41. The summed E-state index contributed by atoms with van der Waals surface area (Å²) in [4.78, 5) is 4.59. The van der Waals surface area contributed by atoms with Crippen molar-refractivity contribution in [2.75, 3.05) is 5.73 Å². The SMILES string of the molecule is Cc1cc(N)c2c(c1)cc(-c1ccccn1)n2C1CCCCC1. The van der Waals surface area contributed by atoms with Gasteiger partial charge in [-0.05, 0) is 55.7 Å². The molecule has 1 aliphatic carbocycles. The molecule has 0 amide bonds. The number of hydrogen-bond donors (Lipinski definition) is 1. The van der Waals surface area contributed by atoms with Crippen LogP contribution in [0.4, 0.5) is 5.69 Å². The summed E-state index contributed by atoms with van der Waals surface area (Å²) in [7, 11) is 0. The molecule has 0 bridgehead atoms. The van der Waals surface area contributed by atoms with E-state index >= 15 is 0 Å².